The topological polar surface area (TPSA) is 72.5 Å². The molecule has 0 bridgehead atoms. The molecule has 0 aliphatic heterocycles. The van der Waals surface area contributed by atoms with E-state index in [0.29, 0.717) is 17.3 Å². The number of thiocarbonyl (C=S) groups is 1. The Labute approximate surface area is 128 Å². The molecule has 3 N–H and O–H groups in total. The molecule has 0 unspecified atom stereocenters. The summed E-state index contributed by atoms with van der Waals surface area (Å²) >= 11 is 4.89. The second-order valence-corrected chi connectivity index (χ2v) is 4.96. The maximum Gasteiger partial charge on any atom is 0.307 e. The lowest BCUT2D eigenvalue weighted by Crippen LogP contribution is -2.09. The molecule has 0 aromatic heterocycles. The average molecular weight is 301 g/mol. The minimum Gasteiger partial charge on any atom is -0.489 e. The van der Waals surface area contributed by atoms with Gasteiger partial charge in [0, 0.05) is 5.56 Å². The van der Waals surface area contributed by atoms with Crippen molar-refractivity contribution in [3.63, 3.8) is 0 Å². The second kappa shape index (κ2) is 6.85. The standard InChI is InChI=1S/C16H15NO3S/c17-16(21)11-5-7-14(8-6-11)20-10-13-4-2-1-3-12(13)9-15(18)19/h1-8H,9-10H2,(H2,17,21)(H,18,19). The number of hydrogen-bond donors (Lipinski definition) is 2. The number of nitrogens with two attached hydrogens (primary N) is 1. The fourth-order valence-corrected chi connectivity index (χ4v) is 2.05. The van der Waals surface area contributed by atoms with Crippen molar-refractivity contribution in [3.05, 3.63) is 65.2 Å². The fraction of sp³-hybridized carbons (Fsp3) is 0.125. The summed E-state index contributed by atoms with van der Waals surface area (Å²) < 4.78 is 5.67. The number of benzene rings is 2. The Bertz CT molecular complexity index is 653. The van der Waals surface area contributed by atoms with Crippen LogP contribution in [0.15, 0.2) is 48.5 Å². The third-order valence-electron chi connectivity index (χ3n) is 2.99. The molecular weight excluding hydrogens is 286 g/mol. The first-order valence-corrected chi connectivity index (χ1v) is 6.78. The molecular formula is C16H15NO3S. The van der Waals surface area contributed by atoms with Crippen LogP contribution >= 0.6 is 12.2 Å². The average Bonchev–Trinajstić information content (AvgIpc) is 2.46. The van der Waals surface area contributed by atoms with E-state index in [1.807, 2.05) is 18.2 Å². The van der Waals surface area contributed by atoms with Gasteiger partial charge >= 0.3 is 5.97 Å². The highest BCUT2D eigenvalue weighted by Crippen LogP contribution is 2.16. The molecule has 0 fully saturated rings. The number of carboxylic acid groups (broad SMARTS) is 1. The molecule has 0 aliphatic rings. The largest absolute Gasteiger partial charge is 0.489 e. The Morgan fingerprint density at radius 1 is 1.10 bits per heavy atom. The van der Waals surface area contributed by atoms with Gasteiger partial charge in [-0.25, -0.2) is 0 Å². The lowest BCUT2D eigenvalue weighted by Gasteiger charge is -2.10. The molecule has 0 saturated heterocycles. The van der Waals surface area contributed by atoms with Crippen LogP contribution in [0, 0.1) is 0 Å². The maximum absolute atomic E-state index is 10.8. The molecule has 0 aliphatic carbocycles. The van der Waals surface area contributed by atoms with Gasteiger partial charge in [-0.05, 0) is 35.4 Å². The van der Waals surface area contributed by atoms with Crippen LogP contribution in [0.4, 0.5) is 0 Å². The van der Waals surface area contributed by atoms with Crippen molar-refractivity contribution in [3.8, 4) is 5.75 Å². The summed E-state index contributed by atoms with van der Waals surface area (Å²) in [4.78, 5) is 11.2. The van der Waals surface area contributed by atoms with Gasteiger partial charge in [-0.1, -0.05) is 36.5 Å². The van der Waals surface area contributed by atoms with Gasteiger partial charge < -0.3 is 15.6 Å². The molecule has 5 heteroatoms. The molecule has 0 spiro atoms. The van der Waals surface area contributed by atoms with E-state index in [2.05, 4.69) is 0 Å². The van der Waals surface area contributed by atoms with Gasteiger partial charge in [-0.2, -0.15) is 0 Å². The van der Waals surface area contributed by atoms with Gasteiger partial charge in [-0.3, -0.25) is 4.79 Å². The van der Waals surface area contributed by atoms with Gasteiger partial charge in [0.1, 0.15) is 17.3 Å². The molecule has 0 heterocycles. The molecule has 2 rings (SSSR count). The first-order chi connectivity index (χ1) is 10.1. The van der Waals surface area contributed by atoms with Crippen LogP contribution < -0.4 is 10.5 Å². The van der Waals surface area contributed by atoms with Crippen molar-refractivity contribution in [2.75, 3.05) is 0 Å². The molecule has 2 aromatic carbocycles. The highest BCUT2D eigenvalue weighted by molar-refractivity contribution is 7.80. The Hall–Kier alpha value is -2.40. The third kappa shape index (κ3) is 4.29. The zero-order valence-electron chi connectivity index (χ0n) is 11.3. The van der Waals surface area contributed by atoms with Crippen LogP contribution in [0.3, 0.4) is 0 Å². The van der Waals surface area contributed by atoms with Crippen LogP contribution in [-0.4, -0.2) is 16.1 Å². The normalized spacial score (nSPS) is 10.1. The second-order valence-electron chi connectivity index (χ2n) is 4.52. The summed E-state index contributed by atoms with van der Waals surface area (Å²) in [5.41, 5.74) is 7.93. The van der Waals surface area contributed by atoms with Crippen molar-refractivity contribution in [2.45, 2.75) is 13.0 Å². The van der Waals surface area contributed by atoms with Crippen LogP contribution in [0.2, 0.25) is 0 Å². The van der Waals surface area contributed by atoms with Crippen molar-refractivity contribution in [1.29, 1.82) is 0 Å². The molecule has 2 aromatic rings. The lowest BCUT2D eigenvalue weighted by atomic mass is 10.1. The minimum atomic E-state index is -0.858. The predicted molar refractivity (Wildman–Crippen MR) is 84.4 cm³/mol. The van der Waals surface area contributed by atoms with Crippen molar-refractivity contribution < 1.29 is 14.6 Å². The predicted octanol–water partition coefficient (Wildman–Crippen LogP) is 2.53. The van der Waals surface area contributed by atoms with E-state index in [9.17, 15) is 4.79 Å². The first-order valence-electron chi connectivity index (χ1n) is 6.37. The van der Waals surface area contributed by atoms with Gasteiger partial charge in [0.05, 0.1) is 6.42 Å². The SMILES string of the molecule is NC(=S)c1ccc(OCc2ccccc2CC(=O)O)cc1. The lowest BCUT2D eigenvalue weighted by molar-refractivity contribution is -0.136. The minimum absolute atomic E-state index is 0.0140. The molecule has 21 heavy (non-hydrogen) atoms. The van der Waals surface area contributed by atoms with E-state index in [4.69, 9.17) is 27.8 Å². The third-order valence-corrected chi connectivity index (χ3v) is 3.23. The Kier molecular flexibility index (Phi) is 4.90. The van der Waals surface area contributed by atoms with Crippen molar-refractivity contribution in [1.82, 2.24) is 0 Å². The van der Waals surface area contributed by atoms with Crippen molar-refractivity contribution >= 4 is 23.2 Å². The van der Waals surface area contributed by atoms with E-state index in [1.54, 1.807) is 30.3 Å². The Balaban J connectivity index is 2.06. The molecule has 0 amide bonds. The monoisotopic (exact) mass is 301 g/mol. The number of carboxylic acids is 1. The van der Waals surface area contributed by atoms with Crippen LogP contribution in [0.5, 0.6) is 5.75 Å². The van der Waals surface area contributed by atoms with Gasteiger partial charge in [0.15, 0.2) is 0 Å². The molecule has 0 saturated carbocycles. The summed E-state index contributed by atoms with van der Waals surface area (Å²) in [6, 6.07) is 14.5. The highest BCUT2D eigenvalue weighted by atomic mass is 32.1. The van der Waals surface area contributed by atoms with Crippen LogP contribution in [0.25, 0.3) is 0 Å². The summed E-state index contributed by atoms with van der Waals surface area (Å²) in [6.07, 6.45) is -0.0140. The Morgan fingerprint density at radius 2 is 1.71 bits per heavy atom. The number of rotatable bonds is 6. The maximum atomic E-state index is 10.8. The summed E-state index contributed by atoms with van der Waals surface area (Å²) in [6.45, 7) is 0.315. The van der Waals surface area contributed by atoms with E-state index < -0.39 is 5.97 Å². The van der Waals surface area contributed by atoms with Crippen LogP contribution in [-0.2, 0) is 17.8 Å². The van der Waals surface area contributed by atoms with E-state index >= 15 is 0 Å². The number of hydrogen-bond acceptors (Lipinski definition) is 3. The van der Waals surface area contributed by atoms with Gasteiger partial charge in [-0.15, -0.1) is 0 Å². The summed E-state index contributed by atoms with van der Waals surface area (Å²) in [7, 11) is 0. The fourth-order valence-electron chi connectivity index (χ4n) is 1.91. The van der Waals surface area contributed by atoms with Gasteiger partial charge in [0.25, 0.3) is 0 Å². The number of ether oxygens (including phenoxy) is 1. The number of aliphatic carboxylic acids is 1. The van der Waals surface area contributed by atoms with E-state index in [-0.39, 0.29) is 6.42 Å². The first kappa shape index (κ1) is 15.0. The smallest absolute Gasteiger partial charge is 0.307 e. The van der Waals surface area contributed by atoms with Crippen molar-refractivity contribution in [2.24, 2.45) is 5.73 Å². The molecule has 0 atom stereocenters. The zero-order valence-corrected chi connectivity index (χ0v) is 12.1. The molecule has 108 valence electrons. The van der Waals surface area contributed by atoms with Gasteiger partial charge in [0.2, 0.25) is 0 Å². The number of carbonyl (C=O) groups is 1. The molecule has 0 radical (unpaired) electrons. The Morgan fingerprint density at radius 3 is 2.29 bits per heavy atom. The highest BCUT2D eigenvalue weighted by Gasteiger charge is 2.07. The van der Waals surface area contributed by atoms with Crippen LogP contribution in [0.1, 0.15) is 16.7 Å². The van der Waals surface area contributed by atoms with E-state index in [1.165, 1.54) is 0 Å². The van der Waals surface area contributed by atoms with E-state index in [0.717, 1.165) is 16.7 Å². The molecule has 4 nitrogen and oxygen atoms in total. The summed E-state index contributed by atoms with van der Waals surface area (Å²) in [5, 5.41) is 8.89. The summed E-state index contributed by atoms with van der Waals surface area (Å²) in [5.74, 6) is -0.177. The zero-order chi connectivity index (χ0) is 15.2. The quantitative estimate of drug-likeness (QED) is 0.802.